The molecule has 1 aliphatic heterocycles. The van der Waals surface area contributed by atoms with Gasteiger partial charge in [0.1, 0.15) is 6.29 Å². The molecule has 3 nitrogen and oxygen atoms in total. The molecule has 0 amide bonds. The summed E-state index contributed by atoms with van der Waals surface area (Å²) >= 11 is 1.71. The number of hydrogen-bond donors (Lipinski definition) is 0. The molecule has 1 aromatic rings. The fourth-order valence-corrected chi connectivity index (χ4v) is 3.33. The predicted octanol–water partition coefficient (Wildman–Crippen LogP) is 2.47. The second-order valence-electron chi connectivity index (χ2n) is 4.98. The van der Waals surface area contributed by atoms with Crippen molar-refractivity contribution >= 4 is 17.6 Å². The molecular formula is C13H20N2OS. The minimum absolute atomic E-state index is 0.455. The van der Waals surface area contributed by atoms with Crippen LogP contribution < -0.4 is 0 Å². The van der Waals surface area contributed by atoms with E-state index in [0.717, 1.165) is 18.5 Å². The predicted molar refractivity (Wildman–Crippen MR) is 70.6 cm³/mol. The van der Waals surface area contributed by atoms with Crippen LogP contribution in [-0.2, 0) is 11.2 Å². The van der Waals surface area contributed by atoms with Gasteiger partial charge < -0.3 is 9.69 Å². The van der Waals surface area contributed by atoms with Crippen LogP contribution in [0.5, 0.6) is 0 Å². The molecule has 0 spiro atoms. The molecule has 1 unspecified atom stereocenters. The van der Waals surface area contributed by atoms with Crippen molar-refractivity contribution in [2.24, 2.45) is 0 Å². The SMILES string of the molecule is CC(C)N1CCCC(c2nc(CC=O)cs2)C1. The topological polar surface area (TPSA) is 33.2 Å². The van der Waals surface area contributed by atoms with E-state index in [4.69, 9.17) is 0 Å². The lowest BCUT2D eigenvalue weighted by Crippen LogP contribution is -2.39. The summed E-state index contributed by atoms with van der Waals surface area (Å²) in [6.07, 6.45) is 3.87. The monoisotopic (exact) mass is 252 g/mol. The Morgan fingerprint density at radius 3 is 3.18 bits per heavy atom. The second kappa shape index (κ2) is 5.74. The van der Waals surface area contributed by atoms with E-state index in [1.807, 2.05) is 5.38 Å². The number of aldehydes is 1. The third kappa shape index (κ3) is 3.13. The van der Waals surface area contributed by atoms with Gasteiger partial charge in [0.15, 0.2) is 0 Å². The standard InChI is InChI=1S/C13H20N2OS/c1-10(2)15-6-3-4-11(8-15)13-14-12(5-7-16)9-17-13/h7,9-11H,3-6,8H2,1-2H3. The van der Waals surface area contributed by atoms with Crippen LogP contribution in [-0.4, -0.2) is 35.3 Å². The molecule has 0 aliphatic carbocycles. The van der Waals surface area contributed by atoms with E-state index in [1.165, 1.54) is 24.4 Å². The zero-order chi connectivity index (χ0) is 12.3. The summed E-state index contributed by atoms with van der Waals surface area (Å²) in [7, 11) is 0. The molecular weight excluding hydrogens is 232 g/mol. The largest absolute Gasteiger partial charge is 0.303 e. The molecule has 1 atom stereocenters. The van der Waals surface area contributed by atoms with Gasteiger partial charge in [0.2, 0.25) is 0 Å². The lowest BCUT2D eigenvalue weighted by molar-refractivity contribution is -0.107. The van der Waals surface area contributed by atoms with Gasteiger partial charge >= 0.3 is 0 Å². The van der Waals surface area contributed by atoms with Gasteiger partial charge in [-0.1, -0.05) is 0 Å². The Kier molecular flexibility index (Phi) is 4.29. The number of rotatable bonds is 4. The summed E-state index contributed by atoms with van der Waals surface area (Å²) in [6.45, 7) is 6.83. The summed E-state index contributed by atoms with van der Waals surface area (Å²) in [5.41, 5.74) is 0.932. The van der Waals surface area contributed by atoms with Gasteiger partial charge in [-0.05, 0) is 33.2 Å². The van der Waals surface area contributed by atoms with Gasteiger partial charge in [0.05, 0.1) is 10.7 Å². The smallest absolute Gasteiger partial charge is 0.125 e. The van der Waals surface area contributed by atoms with Crippen molar-refractivity contribution in [3.8, 4) is 0 Å². The van der Waals surface area contributed by atoms with E-state index >= 15 is 0 Å². The summed E-state index contributed by atoms with van der Waals surface area (Å²) in [6, 6.07) is 0.618. The fourth-order valence-electron chi connectivity index (χ4n) is 2.37. The first-order chi connectivity index (χ1) is 8.20. The summed E-state index contributed by atoms with van der Waals surface area (Å²) in [4.78, 5) is 17.6. The highest BCUT2D eigenvalue weighted by molar-refractivity contribution is 7.09. The number of aromatic nitrogens is 1. The molecule has 0 aromatic carbocycles. The van der Waals surface area contributed by atoms with Crippen LogP contribution in [0.1, 0.15) is 43.3 Å². The minimum Gasteiger partial charge on any atom is -0.303 e. The molecule has 2 heterocycles. The van der Waals surface area contributed by atoms with Crippen molar-refractivity contribution in [2.75, 3.05) is 13.1 Å². The first kappa shape index (κ1) is 12.7. The van der Waals surface area contributed by atoms with Crippen molar-refractivity contribution in [1.82, 2.24) is 9.88 Å². The Morgan fingerprint density at radius 1 is 1.65 bits per heavy atom. The lowest BCUT2D eigenvalue weighted by atomic mass is 9.98. The lowest BCUT2D eigenvalue weighted by Gasteiger charge is -2.34. The van der Waals surface area contributed by atoms with E-state index in [1.54, 1.807) is 11.3 Å². The number of thiazole rings is 1. The van der Waals surface area contributed by atoms with E-state index < -0.39 is 0 Å². The molecule has 1 aliphatic rings. The molecule has 4 heteroatoms. The third-order valence-electron chi connectivity index (χ3n) is 3.39. The van der Waals surface area contributed by atoms with Gasteiger partial charge in [-0.15, -0.1) is 11.3 Å². The van der Waals surface area contributed by atoms with Crippen molar-refractivity contribution in [1.29, 1.82) is 0 Å². The number of carbonyl (C=O) groups excluding carboxylic acids is 1. The quantitative estimate of drug-likeness (QED) is 0.772. The van der Waals surface area contributed by atoms with E-state index in [2.05, 4.69) is 23.7 Å². The Labute approximate surface area is 107 Å². The molecule has 2 rings (SSSR count). The molecule has 1 saturated heterocycles. The Bertz CT molecular complexity index is 375. The maximum absolute atomic E-state index is 10.5. The Hall–Kier alpha value is -0.740. The summed E-state index contributed by atoms with van der Waals surface area (Å²) < 4.78 is 0. The van der Waals surface area contributed by atoms with Crippen molar-refractivity contribution in [2.45, 2.75) is 45.1 Å². The van der Waals surface area contributed by atoms with E-state index in [-0.39, 0.29) is 0 Å². The highest BCUT2D eigenvalue weighted by atomic mass is 32.1. The van der Waals surface area contributed by atoms with Gasteiger partial charge in [-0.25, -0.2) is 4.98 Å². The van der Waals surface area contributed by atoms with Crippen LogP contribution >= 0.6 is 11.3 Å². The van der Waals surface area contributed by atoms with Crippen LogP contribution in [0.25, 0.3) is 0 Å². The normalized spacial score (nSPS) is 21.9. The molecule has 0 saturated carbocycles. The number of carbonyl (C=O) groups is 1. The van der Waals surface area contributed by atoms with Crippen LogP contribution in [0, 0.1) is 0 Å². The first-order valence-electron chi connectivity index (χ1n) is 6.32. The molecule has 0 radical (unpaired) electrons. The number of hydrogen-bond acceptors (Lipinski definition) is 4. The number of nitrogens with zero attached hydrogens (tertiary/aromatic N) is 2. The average Bonchev–Trinajstić information content (AvgIpc) is 2.78. The first-order valence-corrected chi connectivity index (χ1v) is 7.20. The van der Waals surface area contributed by atoms with Crippen molar-refractivity contribution < 1.29 is 4.79 Å². The summed E-state index contributed by atoms with van der Waals surface area (Å²) in [5, 5.41) is 3.24. The van der Waals surface area contributed by atoms with Crippen molar-refractivity contribution in [3.63, 3.8) is 0 Å². The maximum atomic E-state index is 10.5. The molecule has 0 N–H and O–H groups in total. The zero-order valence-corrected chi connectivity index (χ0v) is 11.4. The van der Waals surface area contributed by atoms with Gasteiger partial charge in [-0.2, -0.15) is 0 Å². The molecule has 17 heavy (non-hydrogen) atoms. The van der Waals surface area contributed by atoms with Gasteiger partial charge in [0.25, 0.3) is 0 Å². The summed E-state index contributed by atoms with van der Waals surface area (Å²) in [5.74, 6) is 0.566. The second-order valence-corrected chi connectivity index (χ2v) is 5.87. The third-order valence-corrected chi connectivity index (χ3v) is 4.45. The maximum Gasteiger partial charge on any atom is 0.125 e. The van der Waals surface area contributed by atoms with Crippen LogP contribution in [0.3, 0.4) is 0 Å². The highest BCUT2D eigenvalue weighted by Crippen LogP contribution is 2.29. The molecule has 0 bridgehead atoms. The molecule has 94 valence electrons. The minimum atomic E-state index is 0.455. The zero-order valence-electron chi connectivity index (χ0n) is 10.6. The molecule has 1 aromatic heterocycles. The van der Waals surface area contributed by atoms with Crippen LogP contribution in [0.2, 0.25) is 0 Å². The van der Waals surface area contributed by atoms with E-state index in [0.29, 0.717) is 18.4 Å². The Balaban J connectivity index is 2.02. The molecule has 1 fully saturated rings. The highest BCUT2D eigenvalue weighted by Gasteiger charge is 2.24. The number of likely N-dealkylation sites (tertiary alicyclic amines) is 1. The Morgan fingerprint density at radius 2 is 2.47 bits per heavy atom. The van der Waals surface area contributed by atoms with E-state index in [9.17, 15) is 4.79 Å². The van der Waals surface area contributed by atoms with Gasteiger partial charge in [-0.3, -0.25) is 0 Å². The van der Waals surface area contributed by atoms with Crippen LogP contribution in [0.15, 0.2) is 5.38 Å². The average molecular weight is 252 g/mol. The van der Waals surface area contributed by atoms with Crippen LogP contribution in [0.4, 0.5) is 0 Å². The van der Waals surface area contributed by atoms with Gasteiger partial charge in [0, 0.05) is 30.3 Å². The number of piperidine rings is 1. The fraction of sp³-hybridized carbons (Fsp3) is 0.692. The van der Waals surface area contributed by atoms with Crippen molar-refractivity contribution in [3.05, 3.63) is 16.1 Å².